The number of carbonyl (C=O) groups is 2. The Labute approximate surface area is 163 Å². The molecule has 0 aliphatic heterocycles. The predicted molar refractivity (Wildman–Crippen MR) is 107 cm³/mol. The van der Waals surface area contributed by atoms with Crippen LogP contribution < -0.4 is 10.1 Å². The third kappa shape index (κ3) is 4.89. The lowest BCUT2D eigenvalue weighted by molar-refractivity contribution is -0.116. The van der Waals surface area contributed by atoms with Crippen LogP contribution in [0.25, 0.3) is 0 Å². The number of ether oxygens (including phenoxy) is 2. The van der Waals surface area contributed by atoms with Crippen molar-refractivity contribution in [3.63, 3.8) is 0 Å². The normalized spacial score (nSPS) is 15.7. The average molecular weight is 388 g/mol. The van der Waals surface area contributed by atoms with Gasteiger partial charge in [0.15, 0.2) is 0 Å². The minimum Gasteiger partial charge on any atom is -0.494 e. The molecule has 1 aliphatic rings. The highest BCUT2D eigenvalue weighted by Crippen LogP contribution is 2.40. The standard InChI is InChI=1S/C21H25NO4S/c1-14-10-11-16-17(13-14)27-20(19(16)21(24)25-2)22-18(23)9-6-12-26-15-7-4-3-5-8-15/h3-5,7-8,14H,6,9-13H2,1-2H3,(H,22,23)/t14-/m0/s1. The van der Waals surface area contributed by atoms with E-state index in [1.54, 1.807) is 0 Å². The smallest absolute Gasteiger partial charge is 0.341 e. The monoisotopic (exact) mass is 387 g/mol. The maximum Gasteiger partial charge on any atom is 0.341 e. The Morgan fingerprint density at radius 1 is 1.26 bits per heavy atom. The fraction of sp³-hybridized carbons (Fsp3) is 0.429. The molecule has 0 saturated heterocycles. The molecule has 0 radical (unpaired) electrons. The number of nitrogens with one attached hydrogen (secondary N) is 1. The number of thiophene rings is 1. The highest BCUT2D eigenvalue weighted by molar-refractivity contribution is 7.17. The SMILES string of the molecule is COC(=O)c1c(NC(=O)CCCOc2ccccc2)sc2c1CC[C@H](C)C2. The van der Waals surface area contributed by atoms with Crippen LogP contribution in [0.15, 0.2) is 30.3 Å². The summed E-state index contributed by atoms with van der Waals surface area (Å²) in [5.41, 5.74) is 1.59. The minimum absolute atomic E-state index is 0.108. The predicted octanol–water partition coefficient (Wildman–Crippen LogP) is 4.46. The van der Waals surface area contributed by atoms with Crippen molar-refractivity contribution in [3.05, 3.63) is 46.3 Å². The lowest BCUT2D eigenvalue weighted by Gasteiger charge is -2.18. The molecule has 1 aromatic heterocycles. The Balaban J connectivity index is 1.59. The topological polar surface area (TPSA) is 64.6 Å². The first-order chi connectivity index (χ1) is 13.1. The van der Waals surface area contributed by atoms with Crippen LogP contribution in [0, 0.1) is 5.92 Å². The molecule has 0 spiro atoms. The molecule has 5 nitrogen and oxygen atoms in total. The summed E-state index contributed by atoms with van der Waals surface area (Å²) in [5.74, 6) is 0.916. The number of esters is 1. The number of carbonyl (C=O) groups excluding carboxylic acids is 2. The number of hydrogen-bond acceptors (Lipinski definition) is 5. The van der Waals surface area contributed by atoms with Gasteiger partial charge in [0.25, 0.3) is 0 Å². The zero-order valence-electron chi connectivity index (χ0n) is 15.7. The van der Waals surface area contributed by atoms with Gasteiger partial charge in [-0.05, 0) is 49.3 Å². The van der Waals surface area contributed by atoms with E-state index in [1.807, 2.05) is 30.3 Å². The molecule has 1 aromatic carbocycles. The zero-order valence-corrected chi connectivity index (χ0v) is 16.6. The summed E-state index contributed by atoms with van der Waals surface area (Å²) in [7, 11) is 1.38. The third-order valence-corrected chi connectivity index (χ3v) is 5.88. The highest BCUT2D eigenvalue weighted by atomic mass is 32.1. The number of rotatable bonds is 7. The first-order valence-corrected chi connectivity index (χ1v) is 10.1. The quantitative estimate of drug-likeness (QED) is 0.563. The maximum atomic E-state index is 12.4. The van der Waals surface area contributed by atoms with Crippen LogP contribution in [-0.4, -0.2) is 25.6 Å². The van der Waals surface area contributed by atoms with E-state index in [4.69, 9.17) is 9.47 Å². The fourth-order valence-corrected chi connectivity index (χ4v) is 4.70. The van der Waals surface area contributed by atoms with E-state index in [0.717, 1.165) is 30.6 Å². The van der Waals surface area contributed by atoms with Crippen molar-refractivity contribution >= 4 is 28.2 Å². The molecule has 1 aliphatic carbocycles. The van der Waals surface area contributed by atoms with E-state index < -0.39 is 0 Å². The Morgan fingerprint density at radius 2 is 2.04 bits per heavy atom. The van der Waals surface area contributed by atoms with Gasteiger partial charge in [0.1, 0.15) is 10.8 Å². The molecule has 1 heterocycles. The first kappa shape index (κ1) is 19.4. The van der Waals surface area contributed by atoms with Crippen LogP contribution in [0.4, 0.5) is 5.00 Å². The first-order valence-electron chi connectivity index (χ1n) is 9.29. The molecule has 0 unspecified atom stereocenters. The zero-order chi connectivity index (χ0) is 19.2. The molecule has 27 heavy (non-hydrogen) atoms. The van der Waals surface area contributed by atoms with Gasteiger partial charge in [0.05, 0.1) is 19.3 Å². The second-order valence-corrected chi connectivity index (χ2v) is 7.97. The summed E-state index contributed by atoms with van der Waals surface area (Å²) in [6, 6.07) is 9.53. The molecule has 1 atom stereocenters. The maximum absolute atomic E-state index is 12.4. The van der Waals surface area contributed by atoms with Gasteiger partial charge >= 0.3 is 5.97 Å². The fourth-order valence-electron chi connectivity index (χ4n) is 3.29. The van der Waals surface area contributed by atoms with Gasteiger partial charge in [0.2, 0.25) is 5.91 Å². The number of methoxy groups -OCH3 is 1. The molecule has 0 fully saturated rings. The van der Waals surface area contributed by atoms with Crippen LogP contribution in [0.1, 0.15) is 47.0 Å². The summed E-state index contributed by atoms with van der Waals surface area (Å²) in [4.78, 5) is 25.8. The number of fused-ring (bicyclic) bond motifs is 1. The Kier molecular flexibility index (Phi) is 6.50. The largest absolute Gasteiger partial charge is 0.494 e. The van der Waals surface area contributed by atoms with E-state index in [1.165, 1.54) is 23.3 Å². The number of anilines is 1. The minimum atomic E-state index is -0.371. The second kappa shape index (κ2) is 9.04. The van der Waals surface area contributed by atoms with Gasteiger partial charge in [-0.15, -0.1) is 11.3 Å². The number of amides is 1. The van der Waals surface area contributed by atoms with Crippen LogP contribution in [0.2, 0.25) is 0 Å². The molecule has 6 heteroatoms. The van der Waals surface area contributed by atoms with Crippen LogP contribution in [0.3, 0.4) is 0 Å². The number of benzene rings is 1. The van der Waals surface area contributed by atoms with Crippen molar-refractivity contribution in [3.8, 4) is 5.75 Å². The van der Waals surface area contributed by atoms with E-state index in [0.29, 0.717) is 35.9 Å². The lowest BCUT2D eigenvalue weighted by atomic mass is 9.88. The third-order valence-electron chi connectivity index (χ3n) is 4.71. The number of hydrogen-bond donors (Lipinski definition) is 1. The van der Waals surface area contributed by atoms with E-state index in [2.05, 4.69) is 12.2 Å². The molecule has 1 amide bonds. The van der Waals surface area contributed by atoms with Crippen molar-refractivity contribution < 1.29 is 19.1 Å². The van der Waals surface area contributed by atoms with Gasteiger partial charge in [0, 0.05) is 11.3 Å². The average Bonchev–Trinajstić information content (AvgIpc) is 3.02. The van der Waals surface area contributed by atoms with Crippen LogP contribution in [0.5, 0.6) is 5.75 Å². The highest BCUT2D eigenvalue weighted by Gasteiger charge is 2.28. The summed E-state index contributed by atoms with van der Waals surface area (Å²) < 4.78 is 10.6. The molecular formula is C21H25NO4S. The Bertz CT molecular complexity index is 800. The van der Waals surface area contributed by atoms with Crippen LogP contribution in [-0.2, 0) is 22.4 Å². The van der Waals surface area contributed by atoms with Crippen molar-refractivity contribution in [2.75, 3.05) is 19.0 Å². The summed E-state index contributed by atoms with van der Waals surface area (Å²) >= 11 is 1.51. The Morgan fingerprint density at radius 3 is 2.78 bits per heavy atom. The second-order valence-electron chi connectivity index (χ2n) is 6.86. The molecule has 2 aromatic rings. The van der Waals surface area contributed by atoms with Gasteiger partial charge in [-0.2, -0.15) is 0 Å². The van der Waals surface area contributed by atoms with E-state index >= 15 is 0 Å². The van der Waals surface area contributed by atoms with Crippen molar-refractivity contribution in [1.29, 1.82) is 0 Å². The van der Waals surface area contributed by atoms with E-state index in [-0.39, 0.29) is 11.9 Å². The van der Waals surface area contributed by atoms with E-state index in [9.17, 15) is 9.59 Å². The van der Waals surface area contributed by atoms with Crippen LogP contribution >= 0.6 is 11.3 Å². The van der Waals surface area contributed by atoms with Gasteiger partial charge < -0.3 is 14.8 Å². The van der Waals surface area contributed by atoms with Gasteiger partial charge in [-0.25, -0.2) is 4.79 Å². The molecular weight excluding hydrogens is 362 g/mol. The van der Waals surface area contributed by atoms with Crippen molar-refractivity contribution in [2.45, 2.75) is 39.0 Å². The summed E-state index contributed by atoms with van der Waals surface area (Å²) in [6.07, 6.45) is 3.81. The Hall–Kier alpha value is -2.34. The lowest BCUT2D eigenvalue weighted by Crippen LogP contribution is -2.16. The molecule has 144 valence electrons. The molecule has 0 bridgehead atoms. The summed E-state index contributed by atoms with van der Waals surface area (Å²) in [5, 5.41) is 3.54. The molecule has 1 N–H and O–H groups in total. The number of para-hydroxylation sites is 1. The van der Waals surface area contributed by atoms with Gasteiger partial charge in [-0.3, -0.25) is 4.79 Å². The van der Waals surface area contributed by atoms with Gasteiger partial charge in [-0.1, -0.05) is 25.1 Å². The summed E-state index contributed by atoms with van der Waals surface area (Å²) in [6.45, 7) is 2.69. The molecule has 3 rings (SSSR count). The van der Waals surface area contributed by atoms with Crippen molar-refractivity contribution in [2.24, 2.45) is 5.92 Å². The van der Waals surface area contributed by atoms with Crippen molar-refractivity contribution in [1.82, 2.24) is 0 Å². The molecule has 0 saturated carbocycles.